The fraction of sp³-hybridized carbons (Fsp3) is 0.648. The van der Waals surface area contributed by atoms with Gasteiger partial charge >= 0.3 is 11.9 Å². The smallest absolute Gasteiger partial charge is 0.327 e. The van der Waals surface area contributed by atoms with Gasteiger partial charge in [-0.2, -0.15) is 25.3 Å². The lowest BCUT2D eigenvalue weighted by Gasteiger charge is -2.29. The van der Waals surface area contributed by atoms with Crippen molar-refractivity contribution in [3.05, 3.63) is 35.9 Å². The molecule has 0 radical (unpaired) electrons. The zero-order chi connectivity index (χ0) is 87.9. The summed E-state index contributed by atoms with van der Waals surface area (Å²) < 4.78 is 0. The van der Waals surface area contributed by atoms with E-state index in [1.807, 2.05) is 0 Å². The topological polar surface area (TPSA) is 697 Å². The first-order valence-electron chi connectivity index (χ1n) is 37.7. The van der Waals surface area contributed by atoms with Gasteiger partial charge < -0.3 is 128 Å². The first kappa shape index (κ1) is 103. The lowest BCUT2D eigenvalue weighted by Crippen LogP contribution is -2.60. The zero-order valence-corrected chi connectivity index (χ0v) is 68.3. The highest BCUT2D eigenvalue weighted by Gasteiger charge is 2.37. The van der Waals surface area contributed by atoms with Crippen molar-refractivity contribution in [2.24, 2.45) is 51.6 Å². The van der Waals surface area contributed by atoms with E-state index in [1.54, 1.807) is 85.7 Å². The number of carboxylic acids is 2. The molecule has 16 amide bonds. The van der Waals surface area contributed by atoms with E-state index in [9.17, 15) is 102 Å². The van der Waals surface area contributed by atoms with Gasteiger partial charge in [0.1, 0.15) is 66.5 Å². The number of aliphatic hydroxyl groups excluding tert-OH is 2. The average molecular weight is 1680 g/mol. The molecule has 13 atom stereocenters. The maximum Gasteiger partial charge on any atom is 0.327 e. The van der Waals surface area contributed by atoms with E-state index in [-0.39, 0.29) is 106 Å². The number of rotatable bonds is 57. The minimum absolute atomic E-state index is 0.0229. The third kappa shape index (κ3) is 42.2. The highest BCUT2D eigenvalue weighted by atomic mass is 32.1. The molecule has 0 spiro atoms. The van der Waals surface area contributed by atoms with Crippen LogP contribution in [-0.4, -0.2) is 276 Å². The van der Waals surface area contributed by atoms with Crippen molar-refractivity contribution in [3.8, 4) is 0 Å². The van der Waals surface area contributed by atoms with E-state index in [2.05, 4.69) is 115 Å². The quantitative estimate of drug-likeness (QED) is 0.0125. The summed E-state index contributed by atoms with van der Waals surface area (Å²) in [6.45, 7) is 7.60. The molecule has 652 valence electrons. The van der Waals surface area contributed by atoms with Crippen molar-refractivity contribution in [2.45, 2.75) is 199 Å². The monoisotopic (exact) mass is 1680 g/mol. The molecule has 0 aromatic heterocycles. The fourth-order valence-electron chi connectivity index (χ4n) is 10.7. The Labute approximate surface area is 683 Å². The number of hydrogen-bond acceptors (Lipinski definition) is 25. The summed E-state index contributed by atoms with van der Waals surface area (Å²) in [5.74, 6) is -20.4. The Balaban J connectivity index is 3.30. The molecule has 1 rings (SSSR count). The SMILES string of the molecule is CC[C@H](C)[C@H](NC(=O)[C@H](CCCN=C(N)N)NC(=O)[C@H](CC(=O)O)NC(=O)[C@H](CC(C)C)NC(=O)[C@H](CCCCN)NC(=O)[C@H](CC(C)C)NC(=O)CNC(=O)[C@H](Cc1ccccc1)NC(=O)[C@@H](N)CS)C(=O)NCC(=O)N[C@@H](CO)C(=O)NCC(=O)N[C@@H](CO)C(=O)NCC(=O)N[C@@H](CC(C)C)C(=O)NCC(=O)N[C@@H](CS)C(=O)O. The Morgan fingerprint density at radius 2 is 0.767 bits per heavy atom. The molecule has 1 aromatic carbocycles. The number of aliphatic hydroxyl groups is 2. The molecule has 0 saturated carbocycles. The van der Waals surface area contributed by atoms with E-state index in [4.69, 9.17) is 28.0 Å². The van der Waals surface area contributed by atoms with Crippen LogP contribution in [0.5, 0.6) is 0 Å². The number of hydrogen-bond donors (Lipinski definition) is 26. The summed E-state index contributed by atoms with van der Waals surface area (Å²) in [6, 6.07) is -8.87. The minimum Gasteiger partial charge on any atom is -0.481 e. The van der Waals surface area contributed by atoms with E-state index in [0.29, 0.717) is 12.0 Å². The molecule has 116 heavy (non-hydrogen) atoms. The molecule has 0 unspecified atom stereocenters. The second kappa shape index (κ2) is 55.9. The number of benzene rings is 1. The predicted molar refractivity (Wildman–Crippen MR) is 427 cm³/mol. The van der Waals surface area contributed by atoms with Crippen LogP contribution in [0.2, 0.25) is 0 Å². The van der Waals surface area contributed by atoms with Crippen molar-refractivity contribution in [2.75, 3.05) is 70.5 Å². The molecule has 0 fully saturated rings. The lowest BCUT2D eigenvalue weighted by molar-refractivity contribution is -0.142. The average Bonchev–Trinajstić information content (AvgIpc) is 0.922. The largest absolute Gasteiger partial charge is 0.481 e. The third-order valence-electron chi connectivity index (χ3n) is 17.1. The number of nitrogens with one attached hydrogen (secondary N) is 16. The summed E-state index contributed by atoms with van der Waals surface area (Å²) in [5, 5.41) is 77.1. The van der Waals surface area contributed by atoms with Crippen LogP contribution in [0, 0.1) is 23.7 Å². The van der Waals surface area contributed by atoms with Gasteiger partial charge in [-0.3, -0.25) is 86.5 Å². The molecule has 43 nitrogen and oxygen atoms in total. The molecule has 45 heteroatoms. The number of carbonyl (C=O) groups excluding carboxylic acids is 16. The Morgan fingerprint density at radius 1 is 0.414 bits per heavy atom. The van der Waals surface area contributed by atoms with Gasteiger partial charge in [0.2, 0.25) is 94.5 Å². The van der Waals surface area contributed by atoms with Crippen LogP contribution in [0.1, 0.15) is 125 Å². The number of guanidine groups is 1. The van der Waals surface area contributed by atoms with Crippen molar-refractivity contribution in [3.63, 3.8) is 0 Å². The summed E-state index contributed by atoms with van der Waals surface area (Å²) in [5.41, 5.74) is 23.4. The van der Waals surface area contributed by atoms with Gasteiger partial charge in [-0.1, -0.05) is 92.1 Å². The highest BCUT2D eigenvalue weighted by molar-refractivity contribution is 7.80. The molecular weight excluding hydrogens is 1560 g/mol. The molecule has 0 aliphatic carbocycles. The molecule has 0 heterocycles. The zero-order valence-electron chi connectivity index (χ0n) is 66.5. The Kier molecular flexibility index (Phi) is 49.9. The van der Waals surface area contributed by atoms with E-state index >= 15 is 0 Å². The Hall–Kier alpha value is -10.5. The first-order valence-corrected chi connectivity index (χ1v) is 39.0. The van der Waals surface area contributed by atoms with Crippen LogP contribution in [0.4, 0.5) is 0 Å². The normalized spacial score (nSPS) is 14.4. The van der Waals surface area contributed by atoms with Crippen molar-refractivity contribution >= 4 is 138 Å². The van der Waals surface area contributed by atoms with Crippen LogP contribution in [-0.2, 0) is 92.7 Å². The second-order valence-corrected chi connectivity index (χ2v) is 29.2. The fourth-order valence-corrected chi connectivity index (χ4v) is 11.1. The summed E-state index contributed by atoms with van der Waals surface area (Å²) >= 11 is 7.91. The molecule has 0 aliphatic heterocycles. The van der Waals surface area contributed by atoms with Crippen molar-refractivity contribution in [1.29, 1.82) is 0 Å². The van der Waals surface area contributed by atoms with Gasteiger partial charge in [0.25, 0.3) is 0 Å². The number of nitrogens with zero attached hydrogens (tertiary/aromatic N) is 1. The van der Waals surface area contributed by atoms with Crippen LogP contribution in [0.15, 0.2) is 35.3 Å². The highest BCUT2D eigenvalue weighted by Crippen LogP contribution is 2.15. The van der Waals surface area contributed by atoms with Gasteiger partial charge in [0.05, 0.1) is 58.4 Å². The molecule has 28 N–H and O–H groups in total. The van der Waals surface area contributed by atoms with Crippen molar-refractivity contribution < 1.29 is 107 Å². The van der Waals surface area contributed by atoms with Crippen molar-refractivity contribution in [1.82, 2.24) is 85.1 Å². The van der Waals surface area contributed by atoms with Crippen LogP contribution in [0.3, 0.4) is 0 Å². The van der Waals surface area contributed by atoms with Gasteiger partial charge in [-0.25, -0.2) is 4.79 Å². The number of thiol groups is 2. The first-order chi connectivity index (χ1) is 54.6. The Morgan fingerprint density at radius 3 is 1.16 bits per heavy atom. The minimum atomic E-state index is -1.96. The lowest BCUT2D eigenvalue weighted by atomic mass is 9.97. The predicted octanol–water partition coefficient (Wildman–Crippen LogP) is -8.76. The molecule has 1 aromatic rings. The number of carbonyl (C=O) groups is 18. The number of aliphatic carboxylic acids is 2. The van der Waals surface area contributed by atoms with E-state index < -0.39 is 237 Å². The van der Waals surface area contributed by atoms with E-state index in [1.165, 1.54) is 0 Å². The number of unbranched alkanes of at least 4 members (excludes halogenated alkanes) is 1. The van der Waals surface area contributed by atoms with E-state index in [0.717, 1.165) is 0 Å². The summed E-state index contributed by atoms with van der Waals surface area (Å²) in [4.78, 5) is 243. The van der Waals surface area contributed by atoms with Gasteiger partial charge in [-0.15, -0.1) is 0 Å². The number of amides is 16. The van der Waals surface area contributed by atoms with Crippen LogP contribution >= 0.6 is 25.3 Å². The van der Waals surface area contributed by atoms with Gasteiger partial charge in [0, 0.05) is 24.5 Å². The van der Waals surface area contributed by atoms with Crippen LogP contribution in [0.25, 0.3) is 0 Å². The Bertz CT molecular complexity index is 3490. The number of carboxylic acid groups (broad SMARTS) is 2. The maximum atomic E-state index is 14.4. The molecule has 0 saturated heterocycles. The second-order valence-electron chi connectivity index (χ2n) is 28.5. The number of nitrogens with two attached hydrogens (primary N) is 4. The third-order valence-corrected chi connectivity index (χ3v) is 17.8. The molecule has 0 aliphatic rings. The van der Waals surface area contributed by atoms with Crippen LogP contribution < -0.4 is 108 Å². The number of aliphatic imine (C=N–C) groups is 1. The van der Waals surface area contributed by atoms with Gasteiger partial charge in [0.15, 0.2) is 5.96 Å². The molecule has 0 bridgehead atoms. The summed E-state index contributed by atoms with van der Waals surface area (Å²) in [6.07, 6.45) is -0.611. The summed E-state index contributed by atoms with van der Waals surface area (Å²) in [7, 11) is 0. The maximum absolute atomic E-state index is 14.4. The van der Waals surface area contributed by atoms with Gasteiger partial charge in [-0.05, 0) is 87.1 Å². The molecular formula is C71H119N21O22S2. The standard InChI is InChI=1S/C71H119N21O22S2/c1-9-39(8)58(69(112)81-31-55(98)85-50(33-94)63(106)80-29-54(97)84-49(32-93)62(105)79-28-52(95)82-44(22-36(2)3)60(103)77-30-56(99)86-51(35-116)70(113)114)92-65(108)43(19-15-21-76-71(74)75)88-68(111)48(26-57(100)101)91-67(110)46(24-38(6)7)90-64(107)42(18-13-14-20-72)87-66(109)45(23-37(4)5)83-53(96)27-78-61(104)47(89-59(102)41(73)34-115)25-40-16-11-10-12-17-40/h10-12,16-17,36-39,41-51,58,93-94,115-116H,9,13-15,18-35,72-73H2,1-8H3,(H,77,103)(H,78,104)(H,79,105)(H,80,106)(H,81,112)(H,82,95)(H,83,96)(H,84,97)(H,85,98)(H,86,99)(H,87,109)(H,88,111)(H,89,102)(H,90,107)(H,91,110)(H,92,108)(H,100,101)(H,113,114)(H4,74,75,76)/t39-,41-,42-,43-,44-,45-,46-,47-,48-,49-,50-,51-,58-/m0/s1.